The van der Waals surface area contributed by atoms with Crippen molar-refractivity contribution in [1.29, 1.82) is 0 Å². The predicted octanol–water partition coefficient (Wildman–Crippen LogP) is 0.292. The highest BCUT2D eigenvalue weighted by atomic mass is 32.2. The zero-order valence-electron chi connectivity index (χ0n) is 8.31. The first-order chi connectivity index (χ1) is 7.33. The number of oxime groups is 1. The molecule has 0 aliphatic carbocycles. The molecule has 6 nitrogen and oxygen atoms in total. The Morgan fingerprint density at radius 3 is 2.69 bits per heavy atom. The Labute approximate surface area is 91.6 Å². The molecule has 0 radical (unpaired) electrons. The van der Waals surface area contributed by atoms with Crippen LogP contribution in [0.25, 0.3) is 0 Å². The van der Waals surface area contributed by atoms with E-state index in [1.54, 1.807) is 0 Å². The third kappa shape index (κ3) is 3.09. The average molecular weight is 247 g/mol. The summed E-state index contributed by atoms with van der Waals surface area (Å²) < 4.78 is 37.0. The summed E-state index contributed by atoms with van der Waals surface area (Å²) >= 11 is 0. The molecule has 16 heavy (non-hydrogen) atoms. The number of amidine groups is 1. The normalized spacial score (nSPS) is 12.5. The lowest BCUT2D eigenvalue weighted by Gasteiger charge is -2.09. The first-order valence-corrected chi connectivity index (χ1v) is 5.98. The van der Waals surface area contributed by atoms with Gasteiger partial charge in [-0.15, -0.1) is 0 Å². The molecule has 0 fully saturated rings. The van der Waals surface area contributed by atoms with Gasteiger partial charge in [0.15, 0.2) is 5.84 Å². The lowest BCUT2D eigenvalue weighted by atomic mass is 10.1. The van der Waals surface area contributed by atoms with E-state index in [0.29, 0.717) is 0 Å². The minimum absolute atomic E-state index is 0.0343. The van der Waals surface area contributed by atoms with E-state index in [2.05, 4.69) is 9.88 Å². The Morgan fingerprint density at radius 2 is 2.19 bits per heavy atom. The molecular weight excluding hydrogens is 237 g/mol. The van der Waals surface area contributed by atoms with Crippen LogP contribution in [0.4, 0.5) is 10.1 Å². The molecule has 0 saturated carbocycles. The Bertz CT molecular complexity index is 527. The second kappa shape index (κ2) is 4.35. The van der Waals surface area contributed by atoms with Crippen molar-refractivity contribution in [2.75, 3.05) is 11.0 Å². The molecule has 0 aliphatic rings. The monoisotopic (exact) mass is 247 g/mol. The van der Waals surface area contributed by atoms with Crippen molar-refractivity contribution in [1.82, 2.24) is 0 Å². The summed E-state index contributed by atoms with van der Waals surface area (Å²) in [5.41, 5.74) is 5.29. The van der Waals surface area contributed by atoms with E-state index in [4.69, 9.17) is 10.9 Å². The molecule has 4 N–H and O–H groups in total. The number of nitrogens with two attached hydrogens (primary N) is 1. The van der Waals surface area contributed by atoms with Gasteiger partial charge in [0.1, 0.15) is 5.82 Å². The highest BCUT2D eigenvalue weighted by molar-refractivity contribution is 7.92. The Balaban J connectivity index is 3.29. The van der Waals surface area contributed by atoms with E-state index in [1.807, 2.05) is 0 Å². The van der Waals surface area contributed by atoms with Crippen molar-refractivity contribution in [2.24, 2.45) is 10.9 Å². The number of sulfonamides is 1. The van der Waals surface area contributed by atoms with E-state index >= 15 is 0 Å². The van der Waals surface area contributed by atoms with Gasteiger partial charge in [-0.2, -0.15) is 0 Å². The van der Waals surface area contributed by atoms with Crippen LogP contribution in [0.15, 0.2) is 23.4 Å². The zero-order chi connectivity index (χ0) is 12.3. The van der Waals surface area contributed by atoms with E-state index < -0.39 is 15.8 Å². The van der Waals surface area contributed by atoms with Gasteiger partial charge in [-0.1, -0.05) is 5.16 Å². The largest absolute Gasteiger partial charge is 0.409 e. The van der Waals surface area contributed by atoms with Crippen molar-refractivity contribution >= 4 is 21.5 Å². The molecule has 0 heterocycles. The maximum Gasteiger partial charge on any atom is 0.229 e. The van der Waals surface area contributed by atoms with Crippen LogP contribution in [0, 0.1) is 5.82 Å². The first-order valence-electron chi connectivity index (χ1n) is 4.09. The fourth-order valence-corrected chi connectivity index (χ4v) is 1.65. The smallest absolute Gasteiger partial charge is 0.229 e. The van der Waals surface area contributed by atoms with Crippen LogP contribution < -0.4 is 10.5 Å². The molecule has 0 amide bonds. The second-order valence-corrected chi connectivity index (χ2v) is 4.80. The molecule has 0 spiro atoms. The maximum absolute atomic E-state index is 12.9. The van der Waals surface area contributed by atoms with E-state index in [1.165, 1.54) is 6.07 Å². The average Bonchev–Trinajstić information content (AvgIpc) is 2.17. The quantitative estimate of drug-likeness (QED) is 0.309. The van der Waals surface area contributed by atoms with Crippen molar-refractivity contribution < 1.29 is 18.0 Å². The highest BCUT2D eigenvalue weighted by Gasteiger charge is 2.11. The lowest BCUT2D eigenvalue weighted by Crippen LogP contribution is -2.18. The first kappa shape index (κ1) is 12.2. The second-order valence-electron chi connectivity index (χ2n) is 3.05. The van der Waals surface area contributed by atoms with Crippen LogP contribution in [0.3, 0.4) is 0 Å². The third-order valence-electron chi connectivity index (χ3n) is 1.66. The zero-order valence-corrected chi connectivity index (χ0v) is 9.12. The van der Waals surface area contributed by atoms with Crippen LogP contribution in [0.1, 0.15) is 5.56 Å². The van der Waals surface area contributed by atoms with Crippen LogP contribution >= 0.6 is 0 Å². The van der Waals surface area contributed by atoms with E-state index in [9.17, 15) is 12.8 Å². The Hall–Kier alpha value is -1.83. The van der Waals surface area contributed by atoms with Gasteiger partial charge in [-0.3, -0.25) is 4.72 Å². The number of anilines is 1. The number of hydrogen-bond donors (Lipinski definition) is 3. The predicted molar refractivity (Wildman–Crippen MR) is 57.4 cm³/mol. The van der Waals surface area contributed by atoms with Gasteiger partial charge in [0.2, 0.25) is 10.0 Å². The molecule has 0 atom stereocenters. The lowest BCUT2D eigenvalue weighted by molar-refractivity contribution is 0.318. The van der Waals surface area contributed by atoms with Crippen molar-refractivity contribution in [3.8, 4) is 0 Å². The molecule has 8 heteroatoms. The number of hydrogen-bond acceptors (Lipinski definition) is 4. The molecule has 1 aromatic carbocycles. The number of nitrogens with zero attached hydrogens (tertiary/aromatic N) is 1. The summed E-state index contributed by atoms with van der Waals surface area (Å²) in [4.78, 5) is 0. The number of halogens is 1. The fourth-order valence-electron chi connectivity index (χ4n) is 1.07. The molecule has 0 aromatic heterocycles. The van der Waals surface area contributed by atoms with Crippen molar-refractivity contribution in [3.63, 3.8) is 0 Å². The highest BCUT2D eigenvalue weighted by Crippen LogP contribution is 2.17. The Kier molecular flexibility index (Phi) is 3.33. The van der Waals surface area contributed by atoms with Gasteiger partial charge in [0.05, 0.1) is 11.9 Å². The van der Waals surface area contributed by atoms with Crippen LogP contribution in [-0.2, 0) is 10.0 Å². The van der Waals surface area contributed by atoms with Crippen molar-refractivity contribution in [2.45, 2.75) is 0 Å². The molecular formula is C8H10FN3O3S. The third-order valence-corrected chi connectivity index (χ3v) is 2.25. The molecule has 88 valence electrons. The summed E-state index contributed by atoms with van der Waals surface area (Å²) in [6.07, 6.45) is 0.937. The van der Waals surface area contributed by atoms with E-state index in [0.717, 1.165) is 18.4 Å². The summed E-state index contributed by atoms with van der Waals surface area (Å²) in [6.45, 7) is 0. The molecule has 1 rings (SSSR count). The number of rotatable bonds is 3. The number of benzene rings is 1. The molecule has 0 unspecified atom stereocenters. The Morgan fingerprint density at radius 1 is 1.56 bits per heavy atom. The van der Waals surface area contributed by atoms with Gasteiger partial charge >= 0.3 is 0 Å². The van der Waals surface area contributed by atoms with Crippen LogP contribution in [-0.4, -0.2) is 25.7 Å². The fraction of sp³-hybridized carbons (Fsp3) is 0.125. The van der Waals surface area contributed by atoms with Gasteiger partial charge < -0.3 is 10.9 Å². The van der Waals surface area contributed by atoms with Gasteiger partial charge in [-0.25, -0.2) is 12.8 Å². The summed E-state index contributed by atoms with van der Waals surface area (Å²) in [6, 6.07) is 3.20. The van der Waals surface area contributed by atoms with Gasteiger partial charge in [0.25, 0.3) is 0 Å². The topological polar surface area (TPSA) is 105 Å². The SMILES string of the molecule is CS(=O)(=O)Nc1ccc(F)cc1/C(N)=N/O. The summed E-state index contributed by atoms with van der Waals surface area (Å²) in [5, 5.41) is 11.1. The minimum atomic E-state index is -3.52. The summed E-state index contributed by atoms with van der Waals surface area (Å²) in [5.74, 6) is -1.01. The van der Waals surface area contributed by atoms with Gasteiger partial charge in [0, 0.05) is 5.56 Å². The molecule has 0 saturated heterocycles. The molecule has 0 bridgehead atoms. The maximum atomic E-state index is 12.9. The summed E-state index contributed by atoms with van der Waals surface area (Å²) in [7, 11) is -3.52. The van der Waals surface area contributed by atoms with Gasteiger partial charge in [-0.05, 0) is 18.2 Å². The van der Waals surface area contributed by atoms with Crippen molar-refractivity contribution in [3.05, 3.63) is 29.6 Å². The molecule has 1 aromatic rings. The number of nitrogens with one attached hydrogen (secondary N) is 1. The standard InChI is InChI=1S/C8H10FN3O3S/c1-16(14,15)12-7-3-2-5(9)4-6(7)8(10)11-13/h2-4,12-13H,1H3,(H2,10,11). The van der Waals surface area contributed by atoms with Crippen LogP contribution in [0.2, 0.25) is 0 Å². The van der Waals surface area contributed by atoms with Crippen LogP contribution in [0.5, 0.6) is 0 Å². The molecule has 0 aliphatic heterocycles. The van der Waals surface area contributed by atoms with E-state index in [-0.39, 0.29) is 17.1 Å². The minimum Gasteiger partial charge on any atom is -0.409 e.